The van der Waals surface area contributed by atoms with Gasteiger partial charge in [-0.05, 0) is 24.1 Å². The van der Waals surface area contributed by atoms with Crippen LogP contribution in [0.2, 0.25) is 0 Å². The highest BCUT2D eigenvalue weighted by atomic mass is 32.2. The fraction of sp³-hybridized carbons (Fsp3) is 0.588. The summed E-state index contributed by atoms with van der Waals surface area (Å²) in [6.45, 7) is 2.76. The number of thioether (sulfide) groups is 1. The number of nitrogens with zero attached hydrogens (tertiary/aromatic N) is 1. The van der Waals surface area contributed by atoms with Gasteiger partial charge in [-0.1, -0.05) is 12.1 Å². The summed E-state index contributed by atoms with van der Waals surface area (Å²) in [7, 11) is 1.68. The Labute approximate surface area is 136 Å². The normalized spacial score (nSPS) is 25.2. The molecular formula is C17H24N2O2S. The van der Waals surface area contributed by atoms with Crippen LogP contribution in [0.1, 0.15) is 24.3 Å². The Bertz CT molecular complexity index is 500. The maximum absolute atomic E-state index is 12.4. The lowest BCUT2D eigenvalue weighted by Crippen LogP contribution is -2.42. The van der Waals surface area contributed by atoms with Crippen molar-refractivity contribution in [3.63, 3.8) is 0 Å². The smallest absolute Gasteiger partial charge is 0.224 e. The predicted octanol–water partition coefficient (Wildman–Crippen LogP) is 2.11. The molecule has 120 valence electrons. The Morgan fingerprint density at radius 1 is 1.41 bits per heavy atom. The number of benzene rings is 1. The van der Waals surface area contributed by atoms with Gasteiger partial charge < -0.3 is 15.0 Å². The molecule has 2 unspecified atom stereocenters. The van der Waals surface area contributed by atoms with Gasteiger partial charge in [-0.3, -0.25) is 4.79 Å². The van der Waals surface area contributed by atoms with E-state index in [1.54, 1.807) is 7.11 Å². The minimum atomic E-state index is 0.302. The highest BCUT2D eigenvalue weighted by molar-refractivity contribution is 7.99. The van der Waals surface area contributed by atoms with Gasteiger partial charge in [0.2, 0.25) is 5.91 Å². The van der Waals surface area contributed by atoms with Gasteiger partial charge in [-0.25, -0.2) is 0 Å². The first-order chi connectivity index (χ1) is 10.8. The average Bonchev–Trinajstić information content (AvgIpc) is 3.06. The Kier molecular flexibility index (Phi) is 5.26. The maximum atomic E-state index is 12.4. The third kappa shape index (κ3) is 3.76. The Hall–Kier alpha value is -1.20. The second-order valence-electron chi connectivity index (χ2n) is 6.03. The van der Waals surface area contributed by atoms with Crippen LogP contribution in [0.3, 0.4) is 0 Å². The molecule has 2 aliphatic rings. The quantitative estimate of drug-likeness (QED) is 0.922. The summed E-state index contributed by atoms with van der Waals surface area (Å²) >= 11 is 1.94. The summed E-state index contributed by atoms with van der Waals surface area (Å²) in [5, 5.41) is 3.45. The van der Waals surface area contributed by atoms with Crippen molar-refractivity contribution in [1.82, 2.24) is 10.2 Å². The second kappa shape index (κ2) is 7.38. The molecule has 0 aromatic heterocycles. The zero-order chi connectivity index (χ0) is 15.4. The first-order valence-corrected chi connectivity index (χ1v) is 9.14. The standard InChI is InChI=1S/C17H24N2O2S/c1-21-16-4-2-13(3-5-16)14-6-8-19(11-14)17(20)10-15-12-22-9-7-18-15/h2-5,14-15,18H,6-12H2,1H3. The van der Waals surface area contributed by atoms with Gasteiger partial charge in [0.05, 0.1) is 7.11 Å². The summed E-state index contributed by atoms with van der Waals surface area (Å²) < 4.78 is 5.20. The molecule has 5 heteroatoms. The summed E-state index contributed by atoms with van der Waals surface area (Å²) in [4.78, 5) is 14.5. The van der Waals surface area contributed by atoms with Crippen LogP contribution in [0, 0.1) is 0 Å². The van der Waals surface area contributed by atoms with Crippen LogP contribution < -0.4 is 10.1 Å². The molecule has 0 spiro atoms. The minimum Gasteiger partial charge on any atom is -0.497 e. The van der Waals surface area contributed by atoms with Crippen molar-refractivity contribution in [2.45, 2.75) is 24.8 Å². The number of ether oxygens (including phenoxy) is 1. The number of carbonyl (C=O) groups is 1. The second-order valence-corrected chi connectivity index (χ2v) is 7.18. The van der Waals surface area contributed by atoms with E-state index in [2.05, 4.69) is 17.4 Å². The van der Waals surface area contributed by atoms with Crippen LogP contribution in [0.25, 0.3) is 0 Å². The van der Waals surface area contributed by atoms with Gasteiger partial charge in [-0.15, -0.1) is 0 Å². The molecule has 4 nitrogen and oxygen atoms in total. The molecule has 0 aliphatic carbocycles. The third-order valence-electron chi connectivity index (χ3n) is 4.55. The number of hydrogen-bond acceptors (Lipinski definition) is 4. The predicted molar refractivity (Wildman–Crippen MR) is 90.7 cm³/mol. The van der Waals surface area contributed by atoms with E-state index in [0.717, 1.165) is 43.3 Å². The van der Waals surface area contributed by atoms with Crippen LogP contribution in [0.15, 0.2) is 24.3 Å². The van der Waals surface area contributed by atoms with E-state index in [1.807, 2.05) is 28.8 Å². The Morgan fingerprint density at radius 3 is 2.91 bits per heavy atom. The SMILES string of the molecule is COc1ccc(C2CCN(C(=O)CC3CSCCN3)C2)cc1. The van der Waals surface area contributed by atoms with Crippen molar-refractivity contribution >= 4 is 17.7 Å². The molecule has 1 amide bonds. The van der Waals surface area contributed by atoms with Gasteiger partial charge in [0.15, 0.2) is 0 Å². The molecule has 0 saturated carbocycles. The van der Waals surface area contributed by atoms with Crippen molar-refractivity contribution in [2.24, 2.45) is 0 Å². The van der Waals surface area contributed by atoms with Gasteiger partial charge in [0.1, 0.15) is 5.75 Å². The van der Waals surface area contributed by atoms with Crippen LogP contribution in [-0.4, -0.2) is 55.1 Å². The van der Waals surface area contributed by atoms with Crippen LogP contribution in [0.5, 0.6) is 5.75 Å². The fourth-order valence-electron chi connectivity index (χ4n) is 3.23. The van der Waals surface area contributed by atoms with E-state index in [0.29, 0.717) is 24.3 Å². The van der Waals surface area contributed by atoms with E-state index in [9.17, 15) is 4.79 Å². The first-order valence-electron chi connectivity index (χ1n) is 7.99. The van der Waals surface area contributed by atoms with Crippen molar-refractivity contribution < 1.29 is 9.53 Å². The molecule has 2 fully saturated rings. The molecule has 0 bridgehead atoms. The highest BCUT2D eigenvalue weighted by Gasteiger charge is 2.28. The van der Waals surface area contributed by atoms with E-state index in [-0.39, 0.29) is 0 Å². The summed E-state index contributed by atoms with van der Waals surface area (Å²) in [5.74, 6) is 3.87. The zero-order valence-electron chi connectivity index (χ0n) is 13.1. The highest BCUT2D eigenvalue weighted by Crippen LogP contribution is 2.29. The van der Waals surface area contributed by atoms with Crippen LogP contribution >= 0.6 is 11.8 Å². The number of nitrogens with one attached hydrogen (secondary N) is 1. The monoisotopic (exact) mass is 320 g/mol. The average molecular weight is 320 g/mol. The summed E-state index contributed by atoms with van der Waals surface area (Å²) in [6.07, 6.45) is 1.70. The number of amides is 1. The van der Waals surface area contributed by atoms with E-state index >= 15 is 0 Å². The van der Waals surface area contributed by atoms with Crippen molar-refractivity contribution in [2.75, 3.05) is 38.2 Å². The molecule has 2 heterocycles. The molecular weight excluding hydrogens is 296 g/mol. The molecule has 2 atom stereocenters. The number of methoxy groups -OCH3 is 1. The lowest BCUT2D eigenvalue weighted by Gasteiger charge is -2.25. The molecule has 2 aliphatic heterocycles. The lowest BCUT2D eigenvalue weighted by atomic mass is 9.98. The van der Waals surface area contributed by atoms with Gasteiger partial charge in [0.25, 0.3) is 0 Å². The molecule has 22 heavy (non-hydrogen) atoms. The Balaban J connectivity index is 1.53. The van der Waals surface area contributed by atoms with Crippen molar-refractivity contribution in [1.29, 1.82) is 0 Å². The Morgan fingerprint density at radius 2 is 2.23 bits per heavy atom. The number of hydrogen-bond donors (Lipinski definition) is 1. The molecule has 1 aromatic rings. The van der Waals surface area contributed by atoms with Gasteiger partial charge in [0, 0.05) is 49.5 Å². The number of likely N-dealkylation sites (tertiary alicyclic amines) is 1. The number of rotatable bonds is 4. The molecule has 1 N–H and O–H groups in total. The van der Waals surface area contributed by atoms with Crippen LogP contribution in [-0.2, 0) is 4.79 Å². The molecule has 1 aromatic carbocycles. The first kappa shape index (κ1) is 15.7. The molecule has 0 radical (unpaired) electrons. The lowest BCUT2D eigenvalue weighted by molar-refractivity contribution is -0.130. The molecule has 3 rings (SSSR count). The molecule has 2 saturated heterocycles. The zero-order valence-corrected chi connectivity index (χ0v) is 13.9. The number of carbonyl (C=O) groups excluding carboxylic acids is 1. The maximum Gasteiger partial charge on any atom is 0.224 e. The topological polar surface area (TPSA) is 41.6 Å². The fourth-order valence-corrected chi connectivity index (χ4v) is 4.17. The third-order valence-corrected chi connectivity index (χ3v) is 5.68. The summed E-state index contributed by atoms with van der Waals surface area (Å²) in [5.41, 5.74) is 1.31. The summed E-state index contributed by atoms with van der Waals surface area (Å²) in [6, 6.07) is 8.60. The van der Waals surface area contributed by atoms with Crippen molar-refractivity contribution in [3.05, 3.63) is 29.8 Å². The van der Waals surface area contributed by atoms with Crippen molar-refractivity contribution in [3.8, 4) is 5.75 Å². The minimum absolute atomic E-state index is 0.302. The van der Waals surface area contributed by atoms with E-state index in [4.69, 9.17) is 4.74 Å². The van der Waals surface area contributed by atoms with E-state index < -0.39 is 0 Å². The van der Waals surface area contributed by atoms with Crippen LogP contribution in [0.4, 0.5) is 0 Å². The van der Waals surface area contributed by atoms with E-state index in [1.165, 1.54) is 5.56 Å². The largest absolute Gasteiger partial charge is 0.497 e. The van der Waals surface area contributed by atoms with Gasteiger partial charge in [-0.2, -0.15) is 11.8 Å². The van der Waals surface area contributed by atoms with Gasteiger partial charge >= 0.3 is 0 Å².